The predicted octanol–water partition coefficient (Wildman–Crippen LogP) is -1.24. The molecule has 7 heteroatoms. The van der Waals surface area contributed by atoms with Gasteiger partial charge in [-0.15, -0.1) is 0 Å². The maximum Gasteiger partial charge on any atom is 0.333 e. The minimum Gasteiger partial charge on any atom is -0.479 e. The summed E-state index contributed by atoms with van der Waals surface area (Å²) in [6.07, 6.45) is 0.133. The molecule has 0 radical (unpaired) electrons. The molecule has 1 aliphatic rings. The molecule has 0 aromatic heterocycles. The summed E-state index contributed by atoms with van der Waals surface area (Å²) < 4.78 is 24.4. The number of carboxylic acid groups (broad SMARTS) is 1. The first kappa shape index (κ1) is 11.4. The Hall–Kier alpha value is -0.660. The zero-order chi connectivity index (χ0) is 10.8. The molecule has 0 heterocycles. The van der Waals surface area contributed by atoms with Crippen molar-refractivity contribution in [1.29, 1.82) is 0 Å². The molecule has 1 aliphatic carbocycles. The van der Waals surface area contributed by atoms with Crippen LogP contribution in [-0.4, -0.2) is 43.0 Å². The van der Waals surface area contributed by atoms with E-state index in [1.807, 2.05) is 0 Å². The van der Waals surface area contributed by atoms with Crippen LogP contribution in [0.4, 0.5) is 0 Å². The van der Waals surface area contributed by atoms with Crippen LogP contribution in [0, 0.1) is 5.92 Å². The first-order chi connectivity index (χ1) is 6.41. The normalized spacial score (nSPS) is 19.2. The summed E-state index contributed by atoms with van der Waals surface area (Å²) in [7, 11) is -3.42. The average Bonchev–Trinajstić information content (AvgIpc) is 2.83. The molecule has 0 spiro atoms. The van der Waals surface area contributed by atoms with Gasteiger partial charge in [-0.05, 0) is 18.8 Å². The molecule has 82 valence electrons. The Balaban J connectivity index is 2.31. The summed E-state index contributed by atoms with van der Waals surface area (Å²) in [5.41, 5.74) is 0. The molecular weight excluding hydrogens is 210 g/mol. The second-order valence-corrected chi connectivity index (χ2v) is 5.28. The Morgan fingerprint density at radius 1 is 1.50 bits per heavy atom. The van der Waals surface area contributed by atoms with Crippen LogP contribution < -0.4 is 4.72 Å². The summed E-state index contributed by atoms with van der Waals surface area (Å²) in [5.74, 6) is -1.20. The Morgan fingerprint density at radius 2 is 2.07 bits per heavy atom. The lowest BCUT2D eigenvalue weighted by Crippen LogP contribution is -2.37. The number of aliphatic hydroxyl groups excluding tert-OH is 1. The van der Waals surface area contributed by atoms with Crippen molar-refractivity contribution in [2.75, 3.05) is 12.3 Å². The molecule has 1 rings (SSSR count). The van der Waals surface area contributed by atoms with Gasteiger partial charge >= 0.3 is 5.97 Å². The maximum atomic E-state index is 11.2. The van der Waals surface area contributed by atoms with Gasteiger partial charge in [0, 0.05) is 6.54 Å². The largest absolute Gasteiger partial charge is 0.479 e. The molecule has 14 heavy (non-hydrogen) atoms. The van der Waals surface area contributed by atoms with Gasteiger partial charge < -0.3 is 10.2 Å². The maximum absolute atomic E-state index is 11.2. The summed E-state index contributed by atoms with van der Waals surface area (Å²) >= 11 is 0. The van der Waals surface area contributed by atoms with Gasteiger partial charge in [0.25, 0.3) is 0 Å². The highest BCUT2D eigenvalue weighted by molar-refractivity contribution is 7.89. The van der Waals surface area contributed by atoms with Crippen molar-refractivity contribution >= 4 is 16.0 Å². The van der Waals surface area contributed by atoms with Crippen LogP contribution >= 0.6 is 0 Å². The quantitative estimate of drug-likeness (QED) is 0.522. The number of carbonyl (C=O) groups is 1. The third-order valence-corrected chi connectivity index (χ3v) is 3.45. The Morgan fingerprint density at radius 3 is 2.50 bits per heavy atom. The molecule has 0 aromatic carbocycles. The third-order valence-electron chi connectivity index (χ3n) is 1.93. The van der Waals surface area contributed by atoms with Crippen molar-refractivity contribution in [1.82, 2.24) is 4.72 Å². The highest BCUT2D eigenvalue weighted by atomic mass is 32.2. The third kappa shape index (κ3) is 4.03. The van der Waals surface area contributed by atoms with E-state index in [1.54, 1.807) is 0 Å². The summed E-state index contributed by atoms with van der Waals surface area (Å²) in [6.45, 7) is -0.468. The van der Waals surface area contributed by atoms with Crippen molar-refractivity contribution < 1.29 is 23.4 Å². The lowest BCUT2D eigenvalue weighted by molar-refractivity contribution is -0.146. The second-order valence-electron chi connectivity index (χ2n) is 3.43. The SMILES string of the molecule is O=C(O)[C@@H](O)CNS(=O)(=O)CC1CC1. The Labute approximate surface area is 82.0 Å². The summed E-state index contributed by atoms with van der Waals surface area (Å²) in [6, 6.07) is 0. The second kappa shape index (κ2) is 4.24. The highest BCUT2D eigenvalue weighted by Crippen LogP contribution is 2.29. The highest BCUT2D eigenvalue weighted by Gasteiger charge is 2.28. The van der Waals surface area contributed by atoms with E-state index in [2.05, 4.69) is 4.72 Å². The van der Waals surface area contributed by atoms with E-state index in [1.165, 1.54) is 0 Å². The lowest BCUT2D eigenvalue weighted by Gasteiger charge is -2.07. The number of aliphatic hydroxyl groups is 1. The molecule has 6 nitrogen and oxygen atoms in total. The van der Waals surface area contributed by atoms with Gasteiger partial charge in [0.2, 0.25) is 10.0 Å². The van der Waals surface area contributed by atoms with E-state index in [0.29, 0.717) is 0 Å². The first-order valence-corrected chi connectivity index (χ1v) is 5.94. The molecule has 0 aromatic rings. The van der Waals surface area contributed by atoms with Crippen molar-refractivity contribution in [3.8, 4) is 0 Å². The van der Waals surface area contributed by atoms with Gasteiger partial charge in [0.1, 0.15) is 0 Å². The molecule has 0 aliphatic heterocycles. The van der Waals surface area contributed by atoms with Crippen LogP contribution in [0.2, 0.25) is 0 Å². The van der Waals surface area contributed by atoms with Gasteiger partial charge in [-0.25, -0.2) is 17.9 Å². The summed E-state index contributed by atoms with van der Waals surface area (Å²) in [5, 5.41) is 17.1. The predicted molar refractivity (Wildman–Crippen MR) is 48.2 cm³/mol. The number of hydrogen-bond acceptors (Lipinski definition) is 4. The molecular formula is C7H13NO5S. The van der Waals surface area contributed by atoms with E-state index in [0.717, 1.165) is 12.8 Å². The van der Waals surface area contributed by atoms with Gasteiger partial charge in [-0.2, -0.15) is 0 Å². The number of carboxylic acids is 1. The van der Waals surface area contributed by atoms with Gasteiger partial charge in [-0.3, -0.25) is 0 Å². The van der Waals surface area contributed by atoms with Crippen molar-refractivity contribution in [3.63, 3.8) is 0 Å². The first-order valence-electron chi connectivity index (χ1n) is 4.29. The topological polar surface area (TPSA) is 104 Å². The van der Waals surface area contributed by atoms with E-state index in [-0.39, 0.29) is 11.7 Å². The molecule has 1 atom stereocenters. The molecule has 0 unspecified atom stereocenters. The molecule has 3 N–H and O–H groups in total. The standard InChI is InChI=1S/C7H13NO5S/c9-6(7(10)11)3-8-14(12,13)4-5-1-2-5/h5-6,8-9H,1-4H2,(H,10,11)/t6-/m0/s1. The lowest BCUT2D eigenvalue weighted by atomic mass is 10.4. The van der Waals surface area contributed by atoms with Crippen LogP contribution in [-0.2, 0) is 14.8 Å². The zero-order valence-electron chi connectivity index (χ0n) is 7.51. The molecule has 0 bridgehead atoms. The van der Waals surface area contributed by atoms with Crippen LogP contribution in [0.25, 0.3) is 0 Å². The zero-order valence-corrected chi connectivity index (χ0v) is 8.33. The van der Waals surface area contributed by atoms with E-state index in [4.69, 9.17) is 10.2 Å². The minimum atomic E-state index is -3.42. The summed E-state index contributed by atoms with van der Waals surface area (Å²) in [4.78, 5) is 10.2. The number of nitrogens with one attached hydrogen (secondary N) is 1. The number of hydrogen-bond donors (Lipinski definition) is 3. The van der Waals surface area contributed by atoms with E-state index >= 15 is 0 Å². The van der Waals surface area contributed by atoms with Crippen LogP contribution in [0.3, 0.4) is 0 Å². The molecule has 1 saturated carbocycles. The number of sulfonamides is 1. The fourth-order valence-electron chi connectivity index (χ4n) is 0.947. The van der Waals surface area contributed by atoms with Gasteiger partial charge in [0.15, 0.2) is 6.10 Å². The fourth-order valence-corrected chi connectivity index (χ4v) is 2.43. The fraction of sp³-hybridized carbons (Fsp3) is 0.857. The van der Waals surface area contributed by atoms with Crippen LogP contribution in [0.1, 0.15) is 12.8 Å². The molecule has 0 saturated heterocycles. The van der Waals surface area contributed by atoms with Crippen molar-refractivity contribution in [2.45, 2.75) is 18.9 Å². The van der Waals surface area contributed by atoms with Crippen molar-refractivity contribution in [2.24, 2.45) is 5.92 Å². The number of rotatable bonds is 6. The van der Waals surface area contributed by atoms with Crippen LogP contribution in [0.5, 0.6) is 0 Å². The Kier molecular flexibility index (Phi) is 3.46. The van der Waals surface area contributed by atoms with Crippen LogP contribution in [0.15, 0.2) is 0 Å². The smallest absolute Gasteiger partial charge is 0.333 e. The van der Waals surface area contributed by atoms with Gasteiger partial charge in [-0.1, -0.05) is 0 Å². The Bertz CT molecular complexity index is 308. The monoisotopic (exact) mass is 223 g/mol. The van der Waals surface area contributed by atoms with E-state index in [9.17, 15) is 13.2 Å². The van der Waals surface area contributed by atoms with Crippen molar-refractivity contribution in [3.05, 3.63) is 0 Å². The molecule has 0 amide bonds. The number of aliphatic carboxylic acids is 1. The van der Waals surface area contributed by atoms with E-state index < -0.39 is 28.6 Å². The minimum absolute atomic E-state index is 0.0271. The van der Waals surface area contributed by atoms with Gasteiger partial charge in [0.05, 0.1) is 5.75 Å². The average molecular weight is 223 g/mol. The molecule has 1 fully saturated rings.